The molecule has 0 amide bonds. The molecular formula is C12H17BrN2O2S. The lowest BCUT2D eigenvalue weighted by Crippen LogP contribution is -2.43. The van der Waals surface area contributed by atoms with Crippen LogP contribution in [-0.2, 0) is 16.3 Å². The topological polar surface area (TPSA) is 72.2 Å². The molecule has 2 atom stereocenters. The number of hydrogen-bond donors (Lipinski definition) is 2. The molecule has 1 heterocycles. The molecule has 1 aromatic carbocycles. The third-order valence-electron chi connectivity index (χ3n) is 3.45. The third kappa shape index (κ3) is 3.32. The lowest BCUT2D eigenvalue weighted by atomic mass is 9.93. The number of nitrogens with two attached hydrogens (primary N) is 1. The molecule has 0 saturated carbocycles. The van der Waals surface area contributed by atoms with Gasteiger partial charge in [-0.2, -0.15) is 0 Å². The van der Waals surface area contributed by atoms with Gasteiger partial charge in [0.25, 0.3) is 0 Å². The highest BCUT2D eigenvalue weighted by molar-refractivity contribution is 9.10. The zero-order chi connectivity index (χ0) is 13.2. The minimum absolute atomic E-state index is 0.000903. The van der Waals surface area contributed by atoms with Crippen molar-refractivity contribution in [2.45, 2.75) is 18.9 Å². The molecule has 1 aromatic rings. The second-order valence-corrected chi connectivity index (χ2v) is 7.81. The van der Waals surface area contributed by atoms with Crippen molar-refractivity contribution in [3.05, 3.63) is 34.3 Å². The number of hydrazine groups is 1. The molecule has 100 valence electrons. The Labute approximate surface area is 116 Å². The molecule has 1 aliphatic rings. The summed E-state index contributed by atoms with van der Waals surface area (Å²) in [5.41, 5.74) is 3.92. The van der Waals surface area contributed by atoms with Gasteiger partial charge in [0.2, 0.25) is 0 Å². The molecule has 2 rings (SSSR count). The van der Waals surface area contributed by atoms with Gasteiger partial charge >= 0.3 is 0 Å². The van der Waals surface area contributed by atoms with Gasteiger partial charge in [-0.15, -0.1) is 0 Å². The van der Waals surface area contributed by atoms with Crippen LogP contribution >= 0.6 is 15.9 Å². The van der Waals surface area contributed by atoms with E-state index in [0.717, 1.165) is 16.5 Å². The lowest BCUT2D eigenvalue weighted by molar-refractivity contribution is 0.385. The fraction of sp³-hybridized carbons (Fsp3) is 0.500. The smallest absolute Gasteiger partial charge is 0.150 e. The highest BCUT2D eigenvalue weighted by Crippen LogP contribution is 2.25. The molecule has 0 radical (unpaired) electrons. The van der Waals surface area contributed by atoms with Crippen molar-refractivity contribution in [2.75, 3.05) is 11.5 Å². The molecule has 2 unspecified atom stereocenters. The SMILES string of the molecule is NNC(Cc1ccccc1Br)C1CCS(=O)(=O)C1. The maximum Gasteiger partial charge on any atom is 0.150 e. The van der Waals surface area contributed by atoms with Crippen LogP contribution in [0, 0.1) is 5.92 Å². The first-order chi connectivity index (χ1) is 8.52. The number of sulfone groups is 1. The summed E-state index contributed by atoms with van der Waals surface area (Å²) < 4.78 is 24.0. The second kappa shape index (κ2) is 5.69. The van der Waals surface area contributed by atoms with E-state index in [4.69, 9.17) is 5.84 Å². The van der Waals surface area contributed by atoms with Crippen molar-refractivity contribution in [1.29, 1.82) is 0 Å². The van der Waals surface area contributed by atoms with Crippen LogP contribution in [0.4, 0.5) is 0 Å². The van der Waals surface area contributed by atoms with Crippen molar-refractivity contribution in [3.63, 3.8) is 0 Å². The van der Waals surface area contributed by atoms with E-state index in [9.17, 15) is 8.42 Å². The van der Waals surface area contributed by atoms with Crippen molar-refractivity contribution in [3.8, 4) is 0 Å². The highest BCUT2D eigenvalue weighted by atomic mass is 79.9. The Morgan fingerprint density at radius 2 is 2.17 bits per heavy atom. The lowest BCUT2D eigenvalue weighted by Gasteiger charge is -2.22. The van der Waals surface area contributed by atoms with Crippen LogP contribution in [0.1, 0.15) is 12.0 Å². The fourth-order valence-corrected chi connectivity index (χ4v) is 4.73. The minimum atomic E-state index is -2.86. The molecule has 0 bridgehead atoms. The number of nitrogens with one attached hydrogen (secondary N) is 1. The van der Waals surface area contributed by atoms with E-state index in [1.54, 1.807) is 0 Å². The molecule has 1 saturated heterocycles. The summed E-state index contributed by atoms with van der Waals surface area (Å²) in [5.74, 6) is 6.21. The maximum atomic E-state index is 11.5. The van der Waals surface area contributed by atoms with Gasteiger partial charge in [-0.3, -0.25) is 11.3 Å². The Bertz CT molecular complexity index is 519. The Hall–Kier alpha value is -0.430. The molecule has 1 fully saturated rings. The largest absolute Gasteiger partial charge is 0.271 e. The van der Waals surface area contributed by atoms with Crippen molar-refractivity contribution < 1.29 is 8.42 Å². The van der Waals surface area contributed by atoms with Crippen LogP contribution in [0.15, 0.2) is 28.7 Å². The Kier molecular flexibility index (Phi) is 4.42. The quantitative estimate of drug-likeness (QED) is 0.643. The standard InChI is InChI=1S/C12H17BrN2O2S/c13-11-4-2-1-3-9(11)7-12(15-14)10-5-6-18(16,17)8-10/h1-4,10,12,15H,5-8,14H2. The molecule has 0 aromatic heterocycles. The third-order valence-corrected chi connectivity index (χ3v) is 6.02. The van der Waals surface area contributed by atoms with E-state index in [2.05, 4.69) is 21.4 Å². The van der Waals surface area contributed by atoms with Crippen LogP contribution in [0.5, 0.6) is 0 Å². The van der Waals surface area contributed by atoms with Gasteiger partial charge in [-0.05, 0) is 30.4 Å². The summed E-state index contributed by atoms with van der Waals surface area (Å²) in [6.45, 7) is 0. The van der Waals surface area contributed by atoms with Gasteiger partial charge < -0.3 is 0 Å². The molecular weight excluding hydrogens is 316 g/mol. The first-order valence-corrected chi connectivity index (χ1v) is 8.53. The predicted molar refractivity (Wildman–Crippen MR) is 75.7 cm³/mol. The highest BCUT2D eigenvalue weighted by Gasteiger charge is 2.33. The van der Waals surface area contributed by atoms with E-state index in [1.165, 1.54) is 0 Å². The molecule has 0 aliphatic carbocycles. The van der Waals surface area contributed by atoms with Crippen molar-refractivity contribution in [1.82, 2.24) is 5.43 Å². The molecule has 18 heavy (non-hydrogen) atoms. The molecule has 3 N–H and O–H groups in total. The zero-order valence-corrected chi connectivity index (χ0v) is 12.4. The van der Waals surface area contributed by atoms with E-state index < -0.39 is 9.84 Å². The van der Waals surface area contributed by atoms with Gasteiger partial charge in [-0.1, -0.05) is 34.1 Å². The fourth-order valence-electron chi connectivity index (χ4n) is 2.40. The monoisotopic (exact) mass is 332 g/mol. The van der Waals surface area contributed by atoms with Crippen molar-refractivity contribution in [2.24, 2.45) is 11.8 Å². The summed E-state index contributed by atoms with van der Waals surface area (Å²) in [6.07, 6.45) is 1.43. The number of hydrogen-bond acceptors (Lipinski definition) is 4. The van der Waals surface area contributed by atoms with Crippen LogP contribution in [0.3, 0.4) is 0 Å². The van der Waals surface area contributed by atoms with E-state index >= 15 is 0 Å². The summed E-state index contributed by atoms with van der Waals surface area (Å²) in [6, 6.07) is 7.94. The van der Waals surface area contributed by atoms with Crippen molar-refractivity contribution >= 4 is 25.8 Å². The molecule has 0 spiro atoms. The Morgan fingerprint density at radius 1 is 1.44 bits per heavy atom. The molecule has 6 heteroatoms. The number of benzene rings is 1. The average Bonchev–Trinajstić information content (AvgIpc) is 2.68. The predicted octanol–water partition coefficient (Wildman–Crippen LogP) is 1.26. The first kappa shape index (κ1) is 14.0. The summed E-state index contributed by atoms with van der Waals surface area (Å²) in [5, 5.41) is 0. The second-order valence-electron chi connectivity index (χ2n) is 4.73. The van der Waals surface area contributed by atoms with Gasteiger partial charge in [0.15, 0.2) is 9.84 Å². The van der Waals surface area contributed by atoms with Crippen LogP contribution in [0.25, 0.3) is 0 Å². The molecule has 1 aliphatic heterocycles. The molecule has 4 nitrogen and oxygen atoms in total. The number of rotatable bonds is 4. The van der Waals surface area contributed by atoms with E-state index in [-0.39, 0.29) is 23.5 Å². The minimum Gasteiger partial charge on any atom is -0.271 e. The number of halogens is 1. The average molecular weight is 333 g/mol. The summed E-state index contributed by atoms with van der Waals surface area (Å²) >= 11 is 3.50. The first-order valence-electron chi connectivity index (χ1n) is 5.92. The van der Waals surface area contributed by atoms with E-state index in [0.29, 0.717) is 6.42 Å². The Balaban J connectivity index is 2.09. The van der Waals surface area contributed by atoms with Crippen LogP contribution in [-0.4, -0.2) is 26.0 Å². The van der Waals surface area contributed by atoms with E-state index in [1.807, 2.05) is 24.3 Å². The van der Waals surface area contributed by atoms with Gasteiger partial charge in [-0.25, -0.2) is 8.42 Å². The van der Waals surface area contributed by atoms with Gasteiger partial charge in [0, 0.05) is 10.5 Å². The summed E-state index contributed by atoms with van der Waals surface area (Å²) in [4.78, 5) is 0. The van der Waals surface area contributed by atoms with Crippen LogP contribution < -0.4 is 11.3 Å². The summed E-state index contributed by atoms with van der Waals surface area (Å²) in [7, 11) is -2.86. The maximum absolute atomic E-state index is 11.5. The Morgan fingerprint density at radius 3 is 2.72 bits per heavy atom. The zero-order valence-electron chi connectivity index (χ0n) is 9.97. The normalized spacial score (nSPS) is 24.0. The van der Waals surface area contributed by atoms with Gasteiger partial charge in [0.05, 0.1) is 11.5 Å². The van der Waals surface area contributed by atoms with Gasteiger partial charge in [0.1, 0.15) is 0 Å². The van der Waals surface area contributed by atoms with Crippen LogP contribution in [0.2, 0.25) is 0 Å².